The van der Waals surface area contributed by atoms with Crippen LogP contribution in [0, 0.1) is 5.92 Å². The Morgan fingerprint density at radius 2 is 2.27 bits per heavy atom. The molecule has 0 unspecified atom stereocenters. The summed E-state index contributed by atoms with van der Waals surface area (Å²) in [5, 5.41) is 10.6. The Kier molecular flexibility index (Phi) is 4.56. The molecule has 4 N–H and O–H groups in total. The average Bonchev–Trinajstić information content (AvgIpc) is 1.86. The Hall–Kier alpha value is -0.810. The van der Waals surface area contributed by atoms with Crippen LogP contribution in [-0.4, -0.2) is 23.8 Å². The van der Waals surface area contributed by atoms with Crippen molar-refractivity contribution in [3.8, 4) is 0 Å². The van der Waals surface area contributed by atoms with Gasteiger partial charge in [-0.25, -0.2) is 10.7 Å². The van der Waals surface area contributed by atoms with Crippen LogP contribution in [0.25, 0.3) is 0 Å². The van der Waals surface area contributed by atoms with Crippen molar-refractivity contribution in [2.75, 3.05) is 6.61 Å². The number of nitrogens with two attached hydrogens (primary N) is 1. The van der Waals surface area contributed by atoms with Gasteiger partial charge in [0.1, 0.15) is 0 Å². The third-order valence-electron chi connectivity index (χ3n) is 1.39. The van der Waals surface area contributed by atoms with Crippen LogP contribution >= 0.6 is 0 Å². The molecule has 0 aromatic rings. The summed E-state index contributed by atoms with van der Waals surface area (Å²) in [5.41, 5.74) is 0. The van der Waals surface area contributed by atoms with Gasteiger partial charge in [-0.1, -0.05) is 13.8 Å². The highest BCUT2D eigenvalue weighted by molar-refractivity contribution is 5.64. The van der Waals surface area contributed by atoms with Gasteiger partial charge in [0.25, 0.3) is 0 Å². The minimum Gasteiger partial charge on any atom is -0.465 e. The normalized spacial score (nSPS) is 13.1. The second-order valence-corrected chi connectivity index (χ2v) is 2.63. The number of nitrogens with one attached hydrogen (secondary N) is 1. The molecule has 5 nitrogen and oxygen atoms in total. The van der Waals surface area contributed by atoms with Gasteiger partial charge < -0.3 is 15.3 Å². The summed E-state index contributed by atoms with van der Waals surface area (Å²) < 4.78 is 0. The van der Waals surface area contributed by atoms with Crippen molar-refractivity contribution < 1.29 is 14.7 Å². The largest absolute Gasteiger partial charge is 0.465 e. The van der Waals surface area contributed by atoms with E-state index in [9.17, 15) is 4.79 Å². The maximum Gasteiger partial charge on any atom is 0.404 e. The molecule has 0 aromatic heterocycles. The lowest BCUT2D eigenvalue weighted by atomic mass is 10.1. The molecular formula is C6H14N2O3. The summed E-state index contributed by atoms with van der Waals surface area (Å²) in [4.78, 5) is 14.5. The molecule has 0 rings (SSSR count). The first-order chi connectivity index (χ1) is 5.07. The van der Waals surface area contributed by atoms with E-state index in [1.54, 1.807) is 0 Å². The first-order valence-corrected chi connectivity index (χ1v) is 3.39. The van der Waals surface area contributed by atoms with Crippen LogP contribution in [-0.2, 0) is 4.84 Å². The molecule has 1 amide bonds. The van der Waals surface area contributed by atoms with E-state index in [4.69, 9.17) is 11.0 Å². The molecule has 0 saturated carbocycles. The predicted molar refractivity (Wildman–Crippen MR) is 39.9 cm³/mol. The quantitative estimate of drug-likeness (QED) is 0.514. The Morgan fingerprint density at radius 3 is 2.55 bits per heavy atom. The van der Waals surface area contributed by atoms with Crippen LogP contribution in [0.15, 0.2) is 0 Å². The fourth-order valence-corrected chi connectivity index (χ4v) is 0.663. The molecule has 0 aliphatic rings. The third-order valence-corrected chi connectivity index (χ3v) is 1.39. The van der Waals surface area contributed by atoms with Crippen molar-refractivity contribution in [3.05, 3.63) is 0 Å². The Labute approximate surface area is 65.5 Å². The topological polar surface area (TPSA) is 84.6 Å². The fourth-order valence-electron chi connectivity index (χ4n) is 0.663. The first-order valence-electron chi connectivity index (χ1n) is 3.39. The van der Waals surface area contributed by atoms with Crippen molar-refractivity contribution in [2.24, 2.45) is 11.8 Å². The number of rotatable bonds is 4. The molecule has 0 heterocycles. The smallest absolute Gasteiger partial charge is 0.404 e. The van der Waals surface area contributed by atoms with Crippen molar-refractivity contribution in [1.29, 1.82) is 0 Å². The zero-order valence-corrected chi connectivity index (χ0v) is 6.70. The van der Waals surface area contributed by atoms with Gasteiger partial charge in [-0.2, -0.15) is 0 Å². The van der Waals surface area contributed by atoms with Gasteiger partial charge in [0, 0.05) is 0 Å². The molecule has 0 spiro atoms. The van der Waals surface area contributed by atoms with Crippen molar-refractivity contribution in [3.63, 3.8) is 0 Å². The SMILES string of the molecule is CC(C)[C@H](CON)NC(=O)O. The molecule has 0 bridgehead atoms. The zero-order chi connectivity index (χ0) is 8.85. The van der Waals surface area contributed by atoms with Crippen molar-refractivity contribution in [1.82, 2.24) is 5.32 Å². The lowest BCUT2D eigenvalue weighted by Crippen LogP contribution is -2.41. The van der Waals surface area contributed by atoms with Gasteiger partial charge in [-0.05, 0) is 5.92 Å². The molecule has 0 aromatic carbocycles. The number of hydrogen-bond donors (Lipinski definition) is 3. The predicted octanol–water partition coefficient (Wildman–Crippen LogP) is 0.169. The lowest BCUT2D eigenvalue weighted by Gasteiger charge is -2.18. The van der Waals surface area contributed by atoms with E-state index in [0.717, 1.165) is 0 Å². The minimum absolute atomic E-state index is 0.176. The van der Waals surface area contributed by atoms with Gasteiger partial charge in [-0.15, -0.1) is 0 Å². The molecule has 66 valence electrons. The molecule has 5 heteroatoms. The van der Waals surface area contributed by atoms with Gasteiger partial charge >= 0.3 is 6.09 Å². The summed E-state index contributed by atoms with van der Waals surface area (Å²) in [6, 6.07) is -0.238. The van der Waals surface area contributed by atoms with Crippen LogP contribution < -0.4 is 11.2 Å². The number of hydrogen-bond acceptors (Lipinski definition) is 3. The second-order valence-electron chi connectivity index (χ2n) is 2.63. The standard InChI is InChI=1S/C6H14N2O3/c1-4(2)5(3-11-7)8-6(9)10/h4-5,8H,3,7H2,1-2H3,(H,9,10)/t5-/m0/s1. The van der Waals surface area contributed by atoms with Crippen LogP contribution in [0.5, 0.6) is 0 Å². The van der Waals surface area contributed by atoms with E-state index in [1.165, 1.54) is 0 Å². The molecule has 0 saturated heterocycles. The summed E-state index contributed by atoms with van der Waals surface area (Å²) in [5.74, 6) is 4.99. The van der Waals surface area contributed by atoms with E-state index in [2.05, 4.69) is 10.2 Å². The highest BCUT2D eigenvalue weighted by atomic mass is 16.6. The third kappa shape index (κ3) is 4.58. The monoisotopic (exact) mass is 162 g/mol. The maximum absolute atomic E-state index is 10.2. The summed E-state index contributed by atoms with van der Waals surface area (Å²) in [6.07, 6.45) is -1.05. The Bertz CT molecular complexity index is 127. The van der Waals surface area contributed by atoms with E-state index < -0.39 is 6.09 Å². The van der Waals surface area contributed by atoms with E-state index in [-0.39, 0.29) is 18.6 Å². The second kappa shape index (κ2) is 4.92. The average molecular weight is 162 g/mol. The molecule has 0 aliphatic carbocycles. The molecule has 0 radical (unpaired) electrons. The van der Waals surface area contributed by atoms with Crippen LogP contribution in [0.3, 0.4) is 0 Å². The number of carbonyl (C=O) groups is 1. The highest BCUT2D eigenvalue weighted by Crippen LogP contribution is 2.00. The highest BCUT2D eigenvalue weighted by Gasteiger charge is 2.14. The van der Waals surface area contributed by atoms with E-state index in [0.29, 0.717) is 0 Å². The van der Waals surface area contributed by atoms with Gasteiger partial charge in [0.2, 0.25) is 0 Å². The number of amides is 1. The van der Waals surface area contributed by atoms with Crippen molar-refractivity contribution >= 4 is 6.09 Å². The van der Waals surface area contributed by atoms with Crippen LogP contribution in [0.1, 0.15) is 13.8 Å². The summed E-state index contributed by atoms with van der Waals surface area (Å²) >= 11 is 0. The fraction of sp³-hybridized carbons (Fsp3) is 0.833. The summed E-state index contributed by atoms with van der Waals surface area (Å²) in [7, 11) is 0. The molecule has 11 heavy (non-hydrogen) atoms. The summed E-state index contributed by atoms with van der Waals surface area (Å²) in [6.45, 7) is 3.98. The molecule has 1 atom stereocenters. The van der Waals surface area contributed by atoms with Crippen LogP contribution in [0.4, 0.5) is 4.79 Å². The minimum atomic E-state index is -1.05. The van der Waals surface area contributed by atoms with Gasteiger partial charge in [-0.3, -0.25) is 0 Å². The molecule has 0 aliphatic heterocycles. The van der Waals surface area contributed by atoms with E-state index >= 15 is 0 Å². The molecular weight excluding hydrogens is 148 g/mol. The first kappa shape index (κ1) is 10.2. The van der Waals surface area contributed by atoms with E-state index in [1.807, 2.05) is 13.8 Å². The maximum atomic E-state index is 10.2. The lowest BCUT2D eigenvalue weighted by molar-refractivity contribution is 0.0969. The number of carboxylic acid groups (broad SMARTS) is 1. The van der Waals surface area contributed by atoms with Gasteiger partial charge in [0.15, 0.2) is 0 Å². The zero-order valence-electron chi connectivity index (χ0n) is 6.70. The molecule has 0 fully saturated rings. The Balaban J connectivity index is 3.79. The Morgan fingerprint density at radius 1 is 1.73 bits per heavy atom. The van der Waals surface area contributed by atoms with Gasteiger partial charge in [0.05, 0.1) is 12.6 Å². The van der Waals surface area contributed by atoms with Crippen molar-refractivity contribution in [2.45, 2.75) is 19.9 Å². The van der Waals surface area contributed by atoms with Crippen LogP contribution in [0.2, 0.25) is 0 Å².